The summed E-state index contributed by atoms with van der Waals surface area (Å²) in [5.74, 6) is 0.552. The van der Waals surface area contributed by atoms with Gasteiger partial charge in [-0.15, -0.1) is 0 Å². The minimum atomic E-state index is -0.195. The zero-order valence-electron chi connectivity index (χ0n) is 11.5. The number of aliphatic hydroxyl groups excluding tert-OH is 2. The molecule has 1 aromatic rings. The first-order valence-corrected chi connectivity index (χ1v) is 6.50. The van der Waals surface area contributed by atoms with E-state index in [2.05, 4.69) is 4.98 Å². The van der Waals surface area contributed by atoms with Gasteiger partial charge in [0.1, 0.15) is 12.4 Å². The van der Waals surface area contributed by atoms with E-state index in [4.69, 9.17) is 30.2 Å². The molecule has 20 heavy (non-hydrogen) atoms. The van der Waals surface area contributed by atoms with Crippen LogP contribution in [0.15, 0.2) is 12.1 Å². The second-order valence-electron chi connectivity index (χ2n) is 3.96. The van der Waals surface area contributed by atoms with E-state index in [1.807, 2.05) is 0 Å². The fourth-order valence-corrected chi connectivity index (χ4v) is 1.49. The van der Waals surface area contributed by atoms with Crippen LogP contribution in [0.4, 0.5) is 0 Å². The van der Waals surface area contributed by atoms with Crippen LogP contribution in [-0.2, 0) is 22.7 Å². The van der Waals surface area contributed by atoms with E-state index in [1.165, 1.54) is 0 Å². The zero-order chi connectivity index (χ0) is 14.6. The van der Waals surface area contributed by atoms with Crippen molar-refractivity contribution in [2.75, 3.05) is 39.6 Å². The van der Waals surface area contributed by atoms with Gasteiger partial charge in [-0.2, -0.15) is 0 Å². The molecule has 0 aliphatic rings. The van der Waals surface area contributed by atoms with Crippen LogP contribution < -0.4 is 10.5 Å². The van der Waals surface area contributed by atoms with E-state index in [0.29, 0.717) is 56.7 Å². The van der Waals surface area contributed by atoms with Crippen LogP contribution in [0.25, 0.3) is 0 Å². The Balaban J connectivity index is 2.21. The van der Waals surface area contributed by atoms with Crippen molar-refractivity contribution >= 4 is 0 Å². The van der Waals surface area contributed by atoms with Gasteiger partial charge in [-0.1, -0.05) is 0 Å². The lowest BCUT2D eigenvalue weighted by Gasteiger charge is -2.09. The second-order valence-corrected chi connectivity index (χ2v) is 3.96. The van der Waals surface area contributed by atoms with Crippen molar-refractivity contribution in [1.82, 2.24) is 4.98 Å². The average Bonchev–Trinajstić information content (AvgIpc) is 2.49. The van der Waals surface area contributed by atoms with Gasteiger partial charge in [-0.25, -0.2) is 0 Å². The molecule has 0 aromatic carbocycles. The van der Waals surface area contributed by atoms with E-state index in [0.717, 1.165) is 0 Å². The molecule has 0 unspecified atom stereocenters. The van der Waals surface area contributed by atoms with Crippen molar-refractivity contribution in [2.24, 2.45) is 5.73 Å². The Bertz CT molecular complexity index is 354. The number of rotatable bonds is 11. The SMILES string of the molecule is NCCOCCOCCOc1cc(CO)nc(CO)c1. The van der Waals surface area contributed by atoms with E-state index in [1.54, 1.807) is 12.1 Å². The second kappa shape index (κ2) is 10.5. The van der Waals surface area contributed by atoms with Gasteiger partial charge >= 0.3 is 0 Å². The Morgan fingerprint density at radius 1 is 0.900 bits per heavy atom. The van der Waals surface area contributed by atoms with Crippen molar-refractivity contribution in [3.63, 3.8) is 0 Å². The van der Waals surface area contributed by atoms with Gasteiger partial charge < -0.3 is 30.2 Å². The van der Waals surface area contributed by atoms with Gasteiger partial charge in [0, 0.05) is 18.7 Å². The van der Waals surface area contributed by atoms with Crippen molar-refractivity contribution in [3.05, 3.63) is 23.5 Å². The van der Waals surface area contributed by atoms with Gasteiger partial charge in [-0.3, -0.25) is 4.98 Å². The molecule has 7 heteroatoms. The molecule has 0 aliphatic carbocycles. The smallest absolute Gasteiger partial charge is 0.123 e. The van der Waals surface area contributed by atoms with Crippen LogP contribution in [0.3, 0.4) is 0 Å². The third-order valence-corrected chi connectivity index (χ3v) is 2.36. The molecule has 0 saturated heterocycles. The summed E-state index contributed by atoms with van der Waals surface area (Å²) in [5, 5.41) is 18.1. The molecule has 0 atom stereocenters. The number of aliphatic hydroxyl groups is 2. The van der Waals surface area contributed by atoms with E-state index in [-0.39, 0.29) is 13.2 Å². The molecule has 0 aliphatic heterocycles. The molecule has 0 fully saturated rings. The zero-order valence-corrected chi connectivity index (χ0v) is 11.5. The number of nitrogens with two attached hydrogens (primary N) is 1. The van der Waals surface area contributed by atoms with E-state index in [9.17, 15) is 0 Å². The highest BCUT2D eigenvalue weighted by atomic mass is 16.5. The predicted molar refractivity (Wildman–Crippen MR) is 72.3 cm³/mol. The summed E-state index contributed by atoms with van der Waals surface area (Å²) in [4.78, 5) is 4.02. The largest absolute Gasteiger partial charge is 0.491 e. The van der Waals surface area contributed by atoms with Crippen molar-refractivity contribution in [2.45, 2.75) is 13.2 Å². The lowest BCUT2D eigenvalue weighted by atomic mass is 10.3. The Labute approximate surface area is 118 Å². The summed E-state index contributed by atoms with van der Waals surface area (Å²) in [5.41, 5.74) is 6.20. The number of pyridine rings is 1. The third-order valence-electron chi connectivity index (χ3n) is 2.36. The summed E-state index contributed by atoms with van der Waals surface area (Å²) in [6.45, 7) is 2.45. The Morgan fingerprint density at radius 3 is 2.00 bits per heavy atom. The minimum Gasteiger partial charge on any atom is -0.491 e. The molecule has 0 bridgehead atoms. The normalized spacial score (nSPS) is 10.8. The molecule has 0 radical (unpaired) electrons. The van der Waals surface area contributed by atoms with Gasteiger partial charge in [0.2, 0.25) is 0 Å². The number of ether oxygens (including phenoxy) is 3. The number of aromatic nitrogens is 1. The predicted octanol–water partition coefficient (Wildman–Crippen LogP) is -0.563. The quantitative estimate of drug-likeness (QED) is 0.468. The van der Waals surface area contributed by atoms with Crippen LogP contribution in [0.1, 0.15) is 11.4 Å². The van der Waals surface area contributed by atoms with Gasteiger partial charge in [-0.05, 0) is 0 Å². The number of hydrogen-bond donors (Lipinski definition) is 3. The first kappa shape index (κ1) is 16.8. The summed E-state index contributed by atoms with van der Waals surface area (Å²) >= 11 is 0. The number of hydrogen-bond acceptors (Lipinski definition) is 7. The molecule has 1 rings (SSSR count). The summed E-state index contributed by atoms with van der Waals surface area (Å²) in [7, 11) is 0. The van der Waals surface area contributed by atoms with E-state index < -0.39 is 0 Å². The van der Waals surface area contributed by atoms with E-state index >= 15 is 0 Å². The molecule has 1 heterocycles. The first-order valence-electron chi connectivity index (χ1n) is 6.50. The summed E-state index contributed by atoms with van der Waals surface area (Å²) in [6.07, 6.45) is 0. The lowest BCUT2D eigenvalue weighted by molar-refractivity contribution is 0.0387. The highest BCUT2D eigenvalue weighted by Gasteiger charge is 2.02. The van der Waals surface area contributed by atoms with Gasteiger partial charge in [0.25, 0.3) is 0 Å². The molecule has 1 aromatic heterocycles. The molecule has 4 N–H and O–H groups in total. The molecule has 0 spiro atoms. The van der Waals surface area contributed by atoms with Crippen LogP contribution in [-0.4, -0.2) is 54.8 Å². The minimum absolute atomic E-state index is 0.195. The fraction of sp³-hybridized carbons (Fsp3) is 0.615. The van der Waals surface area contributed by atoms with Crippen molar-refractivity contribution < 1.29 is 24.4 Å². The summed E-state index contributed by atoms with van der Waals surface area (Å²) in [6, 6.07) is 3.26. The molecule has 114 valence electrons. The monoisotopic (exact) mass is 286 g/mol. The van der Waals surface area contributed by atoms with Crippen molar-refractivity contribution in [1.29, 1.82) is 0 Å². The van der Waals surface area contributed by atoms with Gasteiger partial charge in [0.05, 0.1) is 51.0 Å². The topological polar surface area (TPSA) is 107 Å². The van der Waals surface area contributed by atoms with Crippen LogP contribution >= 0.6 is 0 Å². The maximum Gasteiger partial charge on any atom is 0.123 e. The standard InChI is InChI=1S/C13H22N2O5/c14-1-2-18-3-4-19-5-6-20-13-7-11(9-16)15-12(8-13)10-17/h7-8,16-17H,1-6,9-10,14H2. The lowest BCUT2D eigenvalue weighted by Crippen LogP contribution is -2.14. The first-order chi connectivity index (χ1) is 9.80. The fourth-order valence-electron chi connectivity index (χ4n) is 1.49. The molecular weight excluding hydrogens is 264 g/mol. The Kier molecular flexibility index (Phi) is 8.84. The average molecular weight is 286 g/mol. The number of nitrogens with zero attached hydrogens (tertiary/aromatic N) is 1. The highest BCUT2D eigenvalue weighted by Crippen LogP contribution is 2.14. The molecule has 0 amide bonds. The Morgan fingerprint density at radius 2 is 1.45 bits per heavy atom. The molecular formula is C13H22N2O5. The molecule has 7 nitrogen and oxygen atoms in total. The maximum atomic E-state index is 9.05. The van der Waals surface area contributed by atoms with Crippen LogP contribution in [0, 0.1) is 0 Å². The van der Waals surface area contributed by atoms with Crippen LogP contribution in [0.2, 0.25) is 0 Å². The Hall–Kier alpha value is -1.25. The summed E-state index contributed by atoms with van der Waals surface area (Å²) < 4.78 is 15.9. The maximum absolute atomic E-state index is 9.05. The third kappa shape index (κ3) is 6.78. The highest BCUT2D eigenvalue weighted by molar-refractivity contribution is 5.26. The van der Waals surface area contributed by atoms with Crippen molar-refractivity contribution in [3.8, 4) is 5.75 Å². The molecule has 0 saturated carbocycles. The van der Waals surface area contributed by atoms with Gasteiger partial charge in [0.15, 0.2) is 0 Å². The van der Waals surface area contributed by atoms with Crippen LogP contribution in [0.5, 0.6) is 5.75 Å².